The molecule has 0 radical (unpaired) electrons. The van der Waals surface area contributed by atoms with Gasteiger partial charge < -0.3 is 14.5 Å². The fraction of sp³-hybridized carbons (Fsp3) is 0.536. The van der Waals surface area contributed by atoms with Gasteiger partial charge in [0, 0.05) is 37.7 Å². The number of carbonyl (C=O) groups is 1. The van der Waals surface area contributed by atoms with E-state index in [1.807, 2.05) is 13.0 Å². The van der Waals surface area contributed by atoms with Gasteiger partial charge >= 0.3 is 0 Å². The van der Waals surface area contributed by atoms with Crippen molar-refractivity contribution in [2.45, 2.75) is 57.1 Å². The van der Waals surface area contributed by atoms with Gasteiger partial charge in [0.25, 0.3) is 0 Å². The molecule has 1 aromatic heterocycles. The number of nitriles is 1. The number of carbonyl (C=O) groups excluding carboxylic acids is 1. The van der Waals surface area contributed by atoms with Gasteiger partial charge in [-0.1, -0.05) is 12.1 Å². The van der Waals surface area contributed by atoms with Gasteiger partial charge in [0.15, 0.2) is 0 Å². The maximum atomic E-state index is 13.5. The van der Waals surface area contributed by atoms with E-state index < -0.39 is 0 Å². The Labute approximate surface area is 205 Å². The Balaban J connectivity index is 1.28. The van der Waals surface area contributed by atoms with Crippen molar-refractivity contribution in [1.29, 1.82) is 5.26 Å². The normalized spacial score (nSPS) is 25.9. The molecule has 3 aliphatic carbocycles. The van der Waals surface area contributed by atoms with Crippen LogP contribution in [0.1, 0.15) is 56.2 Å². The zero-order chi connectivity index (χ0) is 24.1. The summed E-state index contributed by atoms with van der Waals surface area (Å²) in [4.78, 5) is 22.7. The van der Waals surface area contributed by atoms with Crippen LogP contribution in [0.5, 0.6) is 0 Å². The molecule has 1 amide bonds. The van der Waals surface area contributed by atoms with Crippen LogP contribution in [0.3, 0.4) is 0 Å². The molecule has 4 aliphatic rings. The summed E-state index contributed by atoms with van der Waals surface area (Å²) in [7, 11) is 0. The molecule has 182 valence electrons. The average Bonchev–Trinajstić information content (AvgIpc) is 3.73. The van der Waals surface area contributed by atoms with Gasteiger partial charge in [-0.3, -0.25) is 4.79 Å². The van der Waals surface area contributed by atoms with Crippen molar-refractivity contribution in [2.24, 2.45) is 11.8 Å². The van der Waals surface area contributed by atoms with Crippen LogP contribution >= 0.6 is 0 Å². The summed E-state index contributed by atoms with van der Waals surface area (Å²) in [5.74, 6) is 1.61. The Kier molecular flexibility index (Phi) is 5.72. The van der Waals surface area contributed by atoms with Gasteiger partial charge in [-0.05, 0) is 68.7 Å². The Morgan fingerprint density at radius 3 is 2.63 bits per heavy atom. The van der Waals surface area contributed by atoms with Gasteiger partial charge in [0.2, 0.25) is 5.91 Å². The van der Waals surface area contributed by atoms with E-state index in [1.54, 1.807) is 12.1 Å². The molecule has 3 saturated carbocycles. The number of piperazine rings is 1. The minimum absolute atomic E-state index is 0.00649. The van der Waals surface area contributed by atoms with Crippen molar-refractivity contribution >= 4 is 11.7 Å². The molecule has 2 aromatic rings. The third kappa shape index (κ3) is 4.40. The van der Waals surface area contributed by atoms with Crippen LogP contribution < -0.4 is 4.90 Å². The lowest BCUT2D eigenvalue weighted by Gasteiger charge is -2.43. The van der Waals surface area contributed by atoms with E-state index in [9.17, 15) is 14.4 Å². The molecule has 0 N–H and O–H groups in total. The number of anilines is 1. The first-order valence-corrected chi connectivity index (χ1v) is 12.9. The zero-order valence-corrected chi connectivity index (χ0v) is 20.1. The van der Waals surface area contributed by atoms with Crippen molar-refractivity contribution < 1.29 is 13.9 Å². The van der Waals surface area contributed by atoms with Crippen LogP contribution in [-0.2, 0) is 9.53 Å². The molecule has 3 atom stereocenters. The quantitative estimate of drug-likeness (QED) is 0.592. The number of benzene rings is 1. The highest BCUT2D eigenvalue weighted by Gasteiger charge is 2.50. The molecule has 0 spiro atoms. The minimum Gasteiger partial charge on any atom is -0.378 e. The standard InChI is InChI=1S/C28H31FN4O2/c1-2-35-25-14-23(25)28(34)33-12-11-32(16-24(33)18-3-4-18)27-20(15-30)13-22(26(31-27)19-5-6-19)17-7-9-21(29)10-8-17/h7-10,13,18-19,23-25H,2-6,11-12,14,16H2,1H3/t23-,24-,25-/m0/s1. The fourth-order valence-corrected chi connectivity index (χ4v) is 5.57. The van der Waals surface area contributed by atoms with E-state index in [1.165, 1.54) is 12.1 Å². The molecule has 6 nitrogen and oxygen atoms in total. The number of rotatable bonds is 7. The molecule has 6 rings (SSSR count). The van der Waals surface area contributed by atoms with Crippen LogP contribution in [0.15, 0.2) is 30.3 Å². The molecule has 1 aliphatic heterocycles. The van der Waals surface area contributed by atoms with Crippen molar-refractivity contribution in [3.63, 3.8) is 0 Å². The maximum Gasteiger partial charge on any atom is 0.228 e. The number of amides is 1. The van der Waals surface area contributed by atoms with E-state index >= 15 is 0 Å². The summed E-state index contributed by atoms with van der Waals surface area (Å²) >= 11 is 0. The molecule has 0 unspecified atom stereocenters. The Morgan fingerprint density at radius 1 is 1.20 bits per heavy atom. The highest BCUT2D eigenvalue weighted by Crippen LogP contribution is 2.46. The van der Waals surface area contributed by atoms with Gasteiger partial charge in [0.05, 0.1) is 29.3 Å². The van der Waals surface area contributed by atoms with Gasteiger partial charge in [-0.25, -0.2) is 9.37 Å². The van der Waals surface area contributed by atoms with Crippen LogP contribution in [0.2, 0.25) is 0 Å². The largest absolute Gasteiger partial charge is 0.378 e. The average molecular weight is 475 g/mol. The van der Waals surface area contributed by atoms with Crippen molar-refractivity contribution in [3.8, 4) is 17.2 Å². The highest BCUT2D eigenvalue weighted by molar-refractivity contribution is 5.83. The van der Waals surface area contributed by atoms with Gasteiger partial charge in [-0.15, -0.1) is 0 Å². The summed E-state index contributed by atoms with van der Waals surface area (Å²) in [6.45, 7) is 4.66. The van der Waals surface area contributed by atoms with Crippen molar-refractivity contribution in [3.05, 3.63) is 47.4 Å². The second-order valence-electron chi connectivity index (χ2n) is 10.4. The predicted molar refractivity (Wildman–Crippen MR) is 130 cm³/mol. The number of halogens is 1. The first kappa shape index (κ1) is 22.5. The van der Waals surface area contributed by atoms with E-state index in [-0.39, 0.29) is 29.8 Å². The topological polar surface area (TPSA) is 69.5 Å². The lowest BCUT2D eigenvalue weighted by molar-refractivity contribution is -0.136. The van der Waals surface area contributed by atoms with Gasteiger partial charge in [0.1, 0.15) is 17.7 Å². The summed E-state index contributed by atoms with van der Waals surface area (Å²) < 4.78 is 19.2. The minimum atomic E-state index is -0.274. The molecule has 35 heavy (non-hydrogen) atoms. The second kappa shape index (κ2) is 8.91. The lowest BCUT2D eigenvalue weighted by Crippen LogP contribution is -2.57. The first-order valence-electron chi connectivity index (χ1n) is 12.9. The fourth-order valence-electron chi connectivity index (χ4n) is 5.57. The summed E-state index contributed by atoms with van der Waals surface area (Å²) in [6, 6.07) is 10.9. The molecular weight excluding hydrogens is 443 g/mol. The molecule has 1 saturated heterocycles. The first-order chi connectivity index (χ1) is 17.1. The monoisotopic (exact) mass is 474 g/mol. The molecule has 1 aromatic carbocycles. The van der Waals surface area contributed by atoms with Crippen molar-refractivity contribution in [1.82, 2.24) is 9.88 Å². The van der Waals surface area contributed by atoms with E-state index in [0.29, 0.717) is 43.6 Å². The summed E-state index contributed by atoms with van der Waals surface area (Å²) in [5.41, 5.74) is 3.37. The van der Waals surface area contributed by atoms with Gasteiger partial charge in [-0.2, -0.15) is 5.26 Å². The number of ether oxygens (including phenoxy) is 1. The predicted octanol–water partition coefficient (Wildman–Crippen LogP) is 4.49. The SMILES string of the molecule is CCO[C@H]1C[C@@H]1C(=O)N1CCN(c2nc(C3CC3)c(-c3ccc(F)cc3)cc2C#N)C[C@H]1C1CC1. The number of aromatic nitrogens is 1. The van der Waals surface area contributed by atoms with E-state index in [2.05, 4.69) is 15.9 Å². The number of pyridine rings is 1. The number of hydrogen-bond donors (Lipinski definition) is 0. The van der Waals surface area contributed by atoms with Crippen LogP contribution in [0.25, 0.3) is 11.1 Å². The molecule has 4 fully saturated rings. The summed E-state index contributed by atoms with van der Waals surface area (Å²) in [5, 5.41) is 10.0. The zero-order valence-electron chi connectivity index (χ0n) is 20.1. The van der Waals surface area contributed by atoms with Crippen LogP contribution in [-0.4, -0.2) is 54.2 Å². The van der Waals surface area contributed by atoms with Crippen molar-refractivity contribution in [2.75, 3.05) is 31.1 Å². The highest BCUT2D eigenvalue weighted by atomic mass is 19.1. The maximum absolute atomic E-state index is 13.5. The van der Waals surface area contributed by atoms with E-state index in [4.69, 9.17) is 9.72 Å². The number of nitrogens with zero attached hydrogens (tertiary/aromatic N) is 4. The Morgan fingerprint density at radius 2 is 1.97 bits per heavy atom. The second-order valence-corrected chi connectivity index (χ2v) is 10.4. The Bertz CT molecular complexity index is 1170. The Hall–Kier alpha value is -2.98. The molecule has 7 heteroatoms. The third-order valence-electron chi connectivity index (χ3n) is 7.87. The van der Waals surface area contributed by atoms with Crippen LogP contribution in [0, 0.1) is 29.0 Å². The molecular formula is C28H31FN4O2. The number of hydrogen-bond acceptors (Lipinski definition) is 5. The third-order valence-corrected chi connectivity index (χ3v) is 7.87. The summed E-state index contributed by atoms with van der Waals surface area (Å²) in [6.07, 6.45) is 5.38. The van der Waals surface area contributed by atoms with Crippen LogP contribution in [0.4, 0.5) is 10.2 Å². The lowest BCUT2D eigenvalue weighted by atomic mass is 9.98. The van der Waals surface area contributed by atoms with E-state index in [0.717, 1.165) is 54.7 Å². The molecule has 0 bridgehead atoms. The molecule has 2 heterocycles. The smallest absolute Gasteiger partial charge is 0.228 e.